The first-order chi connectivity index (χ1) is 9.08. The summed E-state index contributed by atoms with van der Waals surface area (Å²) in [5, 5.41) is 2.12. The number of hydrogen-bond acceptors (Lipinski definition) is 3. The van der Waals surface area contributed by atoms with Gasteiger partial charge in [-0.25, -0.2) is 0 Å². The van der Waals surface area contributed by atoms with E-state index >= 15 is 0 Å². The van der Waals surface area contributed by atoms with Crippen LogP contribution in [0.3, 0.4) is 0 Å². The van der Waals surface area contributed by atoms with Gasteiger partial charge in [0.15, 0.2) is 0 Å². The second-order valence-corrected chi connectivity index (χ2v) is 6.20. The maximum absolute atomic E-state index is 6.17. The second kappa shape index (κ2) is 6.33. The minimum atomic E-state index is 0.120. The Bertz CT molecular complexity index is 488. The number of hydrogen-bond donors (Lipinski definition) is 1. The van der Waals surface area contributed by atoms with Gasteiger partial charge in [0.2, 0.25) is 0 Å². The molecule has 0 spiro atoms. The van der Waals surface area contributed by atoms with Gasteiger partial charge in [-0.2, -0.15) is 0 Å². The summed E-state index contributed by atoms with van der Waals surface area (Å²) >= 11 is 1.78. The minimum absolute atomic E-state index is 0.120. The van der Waals surface area contributed by atoms with Gasteiger partial charge in [0.1, 0.15) is 0 Å². The Kier molecular flexibility index (Phi) is 4.75. The number of rotatable bonds is 5. The molecule has 0 amide bonds. The molecule has 0 fully saturated rings. The Morgan fingerprint density at radius 3 is 2.42 bits per heavy atom. The van der Waals surface area contributed by atoms with Gasteiger partial charge in [-0.3, -0.25) is 4.90 Å². The van der Waals surface area contributed by atoms with Crippen LogP contribution in [0.2, 0.25) is 0 Å². The van der Waals surface area contributed by atoms with E-state index in [1.807, 2.05) is 0 Å². The molecule has 2 atom stereocenters. The molecule has 2 unspecified atom stereocenters. The summed E-state index contributed by atoms with van der Waals surface area (Å²) in [7, 11) is 2.15. The second-order valence-electron chi connectivity index (χ2n) is 5.22. The van der Waals surface area contributed by atoms with Gasteiger partial charge in [-0.05, 0) is 37.9 Å². The maximum Gasteiger partial charge on any atom is 0.0591 e. The van der Waals surface area contributed by atoms with Gasteiger partial charge in [0, 0.05) is 17.5 Å². The lowest BCUT2D eigenvalue weighted by Gasteiger charge is -2.30. The quantitative estimate of drug-likeness (QED) is 0.903. The van der Waals surface area contributed by atoms with Gasteiger partial charge in [0.05, 0.1) is 6.04 Å². The lowest BCUT2D eigenvalue weighted by molar-refractivity contribution is 0.214. The number of benzene rings is 1. The first-order valence-electron chi connectivity index (χ1n) is 6.62. The van der Waals surface area contributed by atoms with Crippen LogP contribution >= 0.6 is 11.3 Å². The van der Waals surface area contributed by atoms with Gasteiger partial charge in [-0.15, -0.1) is 11.3 Å². The Morgan fingerprint density at radius 1 is 1.21 bits per heavy atom. The third-order valence-electron chi connectivity index (χ3n) is 3.36. The predicted molar refractivity (Wildman–Crippen MR) is 83.4 cm³/mol. The minimum Gasteiger partial charge on any atom is -0.326 e. The summed E-state index contributed by atoms with van der Waals surface area (Å²) in [6.07, 6.45) is 0. The number of nitrogens with zero attached hydrogens (tertiary/aromatic N) is 1. The molecule has 0 saturated carbocycles. The molecule has 2 aromatic rings. The van der Waals surface area contributed by atoms with Crippen molar-refractivity contribution in [2.75, 3.05) is 7.05 Å². The van der Waals surface area contributed by atoms with E-state index in [1.165, 1.54) is 16.0 Å². The van der Waals surface area contributed by atoms with E-state index in [0.717, 1.165) is 6.54 Å². The maximum atomic E-state index is 6.17. The SMILES string of the molecule is Cc1ccc(CN(C)C(c2cccs2)C(C)N)cc1. The van der Waals surface area contributed by atoms with Crippen LogP contribution < -0.4 is 5.73 Å². The summed E-state index contributed by atoms with van der Waals surface area (Å²) in [4.78, 5) is 3.67. The van der Waals surface area contributed by atoms with E-state index in [4.69, 9.17) is 5.73 Å². The lowest BCUT2D eigenvalue weighted by atomic mass is 10.1. The molecule has 19 heavy (non-hydrogen) atoms. The van der Waals surface area contributed by atoms with Crippen LogP contribution in [0, 0.1) is 6.92 Å². The zero-order chi connectivity index (χ0) is 13.8. The van der Waals surface area contributed by atoms with Crippen molar-refractivity contribution >= 4 is 11.3 Å². The summed E-state index contributed by atoms with van der Waals surface area (Å²) in [6, 6.07) is 13.4. The van der Waals surface area contributed by atoms with Gasteiger partial charge >= 0.3 is 0 Å². The smallest absolute Gasteiger partial charge is 0.0591 e. The largest absolute Gasteiger partial charge is 0.326 e. The molecule has 102 valence electrons. The zero-order valence-electron chi connectivity index (χ0n) is 11.8. The number of aryl methyl sites for hydroxylation is 1. The fourth-order valence-electron chi connectivity index (χ4n) is 2.42. The molecule has 0 saturated heterocycles. The highest BCUT2D eigenvalue weighted by molar-refractivity contribution is 7.10. The Morgan fingerprint density at radius 2 is 1.89 bits per heavy atom. The first-order valence-corrected chi connectivity index (χ1v) is 7.50. The van der Waals surface area contributed by atoms with Crippen LogP contribution in [-0.4, -0.2) is 18.0 Å². The Hall–Kier alpha value is -1.16. The number of nitrogens with two attached hydrogens (primary N) is 1. The summed E-state index contributed by atoms with van der Waals surface area (Å²) in [6.45, 7) is 5.12. The molecule has 0 bridgehead atoms. The van der Waals surface area contributed by atoms with Crippen LogP contribution in [0.25, 0.3) is 0 Å². The van der Waals surface area contributed by atoms with E-state index in [2.05, 4.69) is 67.6 Å². The number of likely N-dealkylation sites (N-methyl/N-ethyl adjacent to an activating group) is 1. The van der Waals surface area contributed by atoms with E-state index in [1.54, 1.807) is 11.3 Å². The fourth-order valence-corrected chi connectivity index (χ4v) is 3.42. The van der Waals surface area contributed by atoms with Crippen molar-refractivity contribution in [3.05, 3.63) is 57.8 Å². The average molecular weight is 274 g/mol. The monoisotopic (exact) mass is 274 g/mol. The van der Waals surface area contributed by atoms with Crippen molar-refractivity contribution in [1.82, 2.24) is 4.90 Å². The molecule has 3 heteroatoms. The molecule has 0 aliphatic carbocycles. The van der Waals surface area contributed by atoms with Gasteiger partial charge in [0.25, 0.3) is 0 Å². The van der Waals surface area contributed by atoms with Crippen molar-refractivity contribution < 1.29 is 0 Å². The summed E-state index contributed by atoms with van der Waals surface area (Å²) in [5.41, 5.74) is 8.80. The van der Waals surface area contributed by atoms with E-state index in [9.17, 15) is 0 Å². The van der Waals surface area contributed by atoms with Crippen LogP contribution in [0.5, 0.6) is 0 Å². The molecule has 1 aromatic carbocycles. The van der Waals surface area contributed by atoms with Crippen LogP contribution in [0.1, 0.15) is 29.0 Å². The van der Waals surface area contributed by atoms with Crippen molar-refractivity contribution in [2.45, 2.75) is 32.5 Å². The molecule has 0 aliphatic rings. The predicted octanol–water partition coefficient (Wildman–Crippen LogP) is 3.58. The van der Waals surface area contributed by atoms with Crippen LogP contribution in [0.4, 0.5) is 0 Å². The van der Waals surface area contributed by atoms with Crippen LogP contribution in [0.15, 0.2) is 41.8 Å². The zero-order valence-corrected chi connectivity index (χ0v) is 12.7. The molecule has 0 aliphatic heterocycles. The first kappa shape index (κ1) is 14.3. The van der Waals surface area contributed by atoms with Gasteiger partial charge in [-0.1, -0.05) is 35.9 Å². The van der Waals surface area contributed by atoms with Gasteiger partial charge < -0.3 is 5.73 Å². The van der Waals surface area contributed by atoms with E-state index in [0.29, 0.717) is 0 Å². The topological polar surface area (TPSA) is 29.3 Å². The number of thiophene rings is 1. The standard InChI is InChI=1S/C16H22N2S/c1-12-6-8-14(9-7-12)11-18(3)16(13(2)17)15-5-4-10-19-15/h4-10,13,16H,11,17H2,1-3H3. The van der Waals surface area contributed by atoms with Crippen LogP contribution in [-0.2, 0) is 6.54 Å². The Balaban J connectivity index is 2.12. The molecular weight excluding hydrogens is 252 g/mol. The van der Waals surface area contributed by atoms with Crippen molar-refractivity contribution in [3.8, 4) is 0 Å². The molecule has 2 nitrogen and oxygen atoms in total. The highest BCUT2D eigenvalue weighted by atomic mass is 32.1. The Labute approximate surface area is 119 Å². The molecule has 2 N–H and O–H groups in total. The normalized spacial score (nSPS) is 14.6. The third-order valence-corrected chi connectivity index (χ3v) is 4.30. The molecule has 0 radical (unpaired) electrons. The molecule has 2 rings (SSSR count). The van der Waals surface area contributed by atoms with Crippen molar-refractivity contribution in [3.63, 3.8) is 0 Å². The summed E-state index contributed by atoms with van der Waals surface area (Å²) in [5.74, 6) is 0. The lowest BCUT2D eigenvalue weighted by Crippen LogP contribution is -2.36. The molecule has 1 aromatic heterocycles. The average Bonchev–Trinajstić information content (AvgIpc) is 2.85. The third kappa shape index (κ3) is 3.66. The summed E-state index contributed by atoms with van der Waals surface area (Å²) < 4.78 is 0. The molecular formula is C16H22N2S. The highest BCUT2D eigenvalue weighted by Crippen LogP contribution is 2.27. The van der Waals surface area contributed by atoms with Crippen molar-refractivity contribution in [1.29, 1.82) is 0 Å². The molecule has 1 heterocycles. The van der Waals surface area contributed by atoms with E-state index < -0.39 is 0 Å². The highest BCUT2D eigenvalue weighted by Gasteiger charge is 2.22. The van der Waals surface area contributed by atoms with E-state index in [-0.39, 0.29) is 12.1 Å². The fraction of sp³-hybridized carbons (Fsp3) is 0.375. The van der Waals surface area contributed by atoms with Crippen molar-refractivity contribution in [2.24, 2.45) is 5.73 Å².